The molecule has 1 unspecified atom stereocenters. The number of hydrogen-bond acceptors (Lipinski definition) is 3. The quantitative estimate of drug-likeness (QED) is 0.759. The van der Waals surface area contributed by atoms with E-state index in [1.165, 1.54) is 0 Å². The molecule has 0 aromatic rings. The lowest BCUT2D eigenvalue weighted by atomic mass is 10.0. The largest absolute Gasteiger partial charge is 0.381 e. The molecule has 1 saturated heterocycles. The number of carbonyl (C=O) groups excluding carboxylic acids is 1. The summed E-state index contributed by atoms with van der Waals surface area (Å²) in [5.41, 5.74) is -0.477. The minimum atomic E-state index is -0.477. The third-order valence-corrected chi connectivity index (χ3v) is 3.33. The van der Waals surface area contributed by atoms with Gasteiger partial charge in [-0.05, 0) is 34.2 Å². The molecule has 4 nitrogen and oxygen atoms in total. The summed E-state index contributed by atoms with van der Waals surface area (Å²) in [4.78, 5) is 14.2. The van der Waals surface area contributed by atoms with Crippen LogP contribution in [-0.4, -0.2) is 49.7 Å². The summed E-state index contributed by atoms with van der Waals surface area (Å²) in [5.74, 6) is 0.681. The van der Waals surface area contributed by atoms with E-state index in [-0.39, 0.29) is 5.91 Å². The molecule has 0 aromatic heterocycles. The average molecular weight is 228 g/mol. The summed E-state index contributed by atoms with van der Waals surface area (Å²) in [5, 5.41) is 3.06. The van der Waals surface area contributed by atoms with E-state index >= 15 is 0 Å². The summed E-state index contributed by atoms with van der Waals surface area (Å²) in [6.45, 7) is 9.09. The standard InChI is InChI=1S/C12H24N2O2/c1-5-14(8-10-6-7-16-9-10)11(15)12(2,3)13-4/h10,13H,5-9H2,1-4H3. The highest BCUT2D eigenvalue weighted by Crippen LogP contribution is 2.16. The van der Waals surface area contributed by atoms with Gasteiger partial charge in [-0.2, -0.15) is 0 Å². The number of ether oxygens (including phenoxy) is 1. The van der Waals surface area contributed by atoms with Gasteiger partial charge in [-0.1, -0.05) is 0 Å². The van der Waals surface area contributed by atoms with Crippen LogP contribution in [0.3, 0.4) is 0 Å². The van der Waals surface area contributed by atoms with Gasteiger partial charge in [-0.25, -0.2) is 0 Å². The van der Waals surface area contributed by atoms with E-state index in [0.717, 1.165) is 32.7 Å². The summed E-state index contributed by atoms with van der Waals surface area (Å²) in [6.07, 6.45) is 1.07. The van der Waals surface area contributed by atoms with Gasteiger partial charge in [0.2, 0.25) is 5.91 Å². The SMILES string of the molecule is CCN(CC1CCOC1)C(=O)C(C)(C)NC. The Bertz CT molecular complexity index is 235. The number of nitrogens with zero attached hydrogens (tertiary/aromatic N) is 1. The maximum absolute atomic E-state index is 12.2. The van der Waals surface area contributed by atoms with Gasteiger partial charge in [0.15, 0.2) is 0 Å². The van der Waals surface area contributed by atoms with Crippen LogP contribution < -0.4 is 5.32 Å². The van der Waals surface area contributed by atoms with Gasteiger partial charge in [-0.3, -0.25) is 4.79 Å². The van der Waals surface area contributed by atoms with Crippen LogP contribution in [0, 0.1) is 5.92 Å². The number of rotatable bonds is 5. The molecule has 1 aliphatic heterocycles. The number of nitrogens with one attached hydrogen (secondary N) is 1. The Kier molecular flexibility index (Phi) is 4.74. The monoisotopic (exact) mass is 228 g/mol. The molecule has 1 heterocycles. The first-order valence-corrected chi connectivity index (χ1v) is 6.07. The molecular weight excluding hydrogens is 204 g/mol. The van der Waals surface area contributed by atoms with Crippen molar-refractivity contribution in [3.8, 4) is 0 Å². The Morgan fingerprint density at radius 3 is 2.69 bits per heavy atom. The van der Waals surface area contributed by atoms with Crippen LogP contribution in [0.15, 0.2) is 0 Å². The van der Waals surface area contributed by atoms with Crippen LogP contribution in [0.25, 0.3) is 0 Å². The van der Waals surface area contributed by atoms with Crippen molar-refractivity contribution in [1.29, 1.82) is 0 Å². The van der Waals surface area contributed by atoms with Crippen LogP contribution in [0.4, 0.5) is 0 Å². The van der Waals surface area contributed by atoms with E-state index in [1.54, 1.807) is 0 Å². The molecule has 0 radical (unpaired) electrons. The Morgan fingerprint density at radius 1 is 1.56 bits per heavy atom. The van der Waals surface area contributed by atoms with E-state index in [2.05, 4.69) is 5.32 Å². The molecule has 0 saturated carbocycles. The number of hydrogen-bond donors (Lipinski definition) is 1. The lowest BCUT2D eigenvalue weighted by Gasteiger charge is -2.32. The first-order valence-electron chi connectivity index (χ1n) is 6.07. The molecule has 0 aromatic carbocycles. The maximum atomic E-state index is 12.2. The van der Waals surface area contributed by atoms with Crippen molar-refractivity contribution < 1.29 is 9.53 Å². The fraction of sp³-hybridized carbons (Fsp3) is 0.917. The minimum Gasteiger partial charge on any atom is -0.381 e. The van der Waals surface area contributed by atoms with Crippen molar-refractivity contribution in [2.24, 2.45) is 5.92 Å². The molecule has 1 fully saturated rings. The van der Waals surface area contributed by atoms with Crippen molar-refractivity contribution in [1.82, 2.24) is 10.2 Å². The molecule has 1 rings (SSSR count). The minimum absolute atomic E-state index is 0.171. The summed E-state index contributed by atoms with van der Waals surface area (Å²) >= 11 is 0. The lowest BCUT2D eigenvalue weighted by Crippen LogP contribution is -2.53. The van der Waals surface area contributed by atoms with E-state index < -0.39 is 5.54 Å². The van der Waals surface area contributed by atoms with E-state index in [9.17, 15) is 4.79 Å². The summed E-state index contributed by atoms with van der Waals surface area (Å²) in [6, 6.07) is 0. The summed E-state index contributed by atoms with van der Waals surface area (Å²) in [7, 11) is 1.82. The van der Waals surface area contributed by atoms with E-state index in [4.69, 9.17) is 4.74 Å². The highest BCUT2D eigenvalue weighted by molar-refractivity contribution is 5.85. The number of amides is 1. The zero-order valence-electron chi connectivity index (χ0n) is 10.9. The predicted octanol–water partition coefficient (Wildman–Crippen LogP) is 0.869. The molecular formula is C12H24N2O2. The molecule has 0 spiro atoms. The van der Waals surface area contributed by atoms with Crippen LogP contribution in [-0.2, 0) is 9.53 Å². The van der Waals surface area contributed by atoms with E-state index in [0.29, 0.717) is 5.92 Å². The number of likely N-dealkylation sites (N-methyl/N-ethyl adjacent to an activating group) is 2. The Balaban J connectivity index is 2.55. The summed E-state index contributed by atoms with van der Waals surface area (Å²) < 4.78 is 5.34. The smallest absolute Gasteiger partial charge is 0.242 e. The fourth-order valence-corrected chi connectivity index (χ4v) is 1.90. The second kappa shape index (κ2) is 5.64. The van der Waals surface area contributed by atoms with Gasteiger partial charge in [0.05, 0.1) is 12.1 Å². The second-order valence-electron chi connectivity index (χ2n) is 4.95. The van der Waals surface area contributed by atoms with Gasteiger partial charge in [-0.15, -0.1) is 0 Å². The Morgan fingerprint density at radius 2 is 2.25 bits per heavy atom. The van der Waals surface area contributed by atoms with Gasteiger partial charge in [0.25, 0.3) is 0 Å². The van der Waals surface area contributed by atoms with Gasteiger partial charge >= 0.3 is 0 Å². The van der Waals surface area contributed by atoms with E-state index in [1.807, 2.05) is 32.7 Å². The third kappa shape index (κ3) is 3.19. The molecule has 1 atom stereocenters. The normalized spacial score (nSPS) is 21.1. The fourth-order valence-electron chi connectivity index (χ4n) is 1.90. The van der Waals surface area contributed by atoms with Crippen molar-refractivity contribution in [3.05, 3.63) is 0 Å². The van der Waals surface area contributed by atoms with Crippen LogP contribution in [0.5, 0.6) is 0 Å². The zero-order chi connectivity index (χ0) is 12.2. The third-order valence-electron chi connectivity index (χ3n) is 3.33. The molecule has 94 valence electrons. The molecule has 0 aliphatic carbocycles. The molecule has 16 heavy (non-hydrogen) atoms. The van der Waals surface area contributed by atoms with Crippen molar-refractivity contribution in [3.63, 3.8) is 0 Å². The zero-order valence-corrected chi connectivity index (χ0v) is 10.9. The molecule has 1 aliphatic rings. The second-order valence-corrected chi connectivity index (χ2v) is 4.95. The van der Waals surface area contributed by atoms with Crippen LogP contribution in [0.2, 0.25) is 0 Å². The van der Waals surface area contributed by atoms with Crippen molar-refractivity contribution >= 4 is 5.91 Å². The first kappa shape index (κ1) is 13.5. The Labute approximate surface area is 98.3 Å². The molecule has 1 N–H and O–H groups in total. The maximum Gasteiger partial charge on any atom is 0.242 e. The van der Waals surface area contributed by atoms with Crippen LogP contribution in [0.1, 0.15) is 27.2 Å². The topological polar surface area (TPSA) is 41.6 Å². The molecule has 4 heteroatoms. The first-order chi connectivity index (χ1) is 7.51. The highest BCUT2D eigenvalue weighted by atomic mass is 16.5. The average Bonchev–Trinajstić information content (AvgIpc) is 2.77. The molecule has 1 amide bonds. The van der Waals surface area contributed by atoms with Gasteiger partial charge in [0.1, 0.15) is 0 Å². The van der Waals surface area contributed by atoms with Crippen LogP contribution >= 0.6 is 0 Å². The number of carbonyl (C=O) groups is 1. The Hall–Kier alpha value is -0.610. The van der Waals surface area contributed by atoms with Gasteiger partial charge in [0, 0.05) is 25.6 Å². The predicted molar refractivity (Wildman–Crippen MR) is 64.3 cm³/mol. The van der Waals surface area contributed by atoms with Crippen molar-refractivity contribution in [2.75, 3.05) is 33.4 Å². The van der Waals surface area contributed by atoms with Gasteiger partial charge < -0.3 is 15.0 Å². The lowest BCUT2D eigenvalue weighted by molar-refractivity contribution is -0.137. The molecule has 0 bridgehead atoms. The van der Waals surface area contributed by atoms with Crippen molar-refractivity contribution in [2.45, 2.75) is 32.7 Å². The highest BCUT2D eigenvalue weighted by Gasteiger charge is 2.31.